The molecule has 1 aliphatic heterocycles. The quantitative estimate of drug-likeness (QED) is 0.782. The van der Waals surface area contributed by atoms with E-state index in [1.54, 1.807) is 0 Å². The summed E-state index contributed by atoms with van der Waals surface area (Å²) < 4.78 is 38.7. The second-order valence-electron chi connectivity index (χ2n) is 6.23. The molecule has 1 heterocycles. The number of halogens is 3. The topological polar surface area (TPSA) is 69.6 Å². The predicted octanol–water partition coefficient (Wildman–Crippen LogP) is 2.80. The first kappa shape index (κ1) is 17.7. The minimum atomic E-state index is -4.52. The molecule has 1 aromatic rings. The fourth-order valence-corrected chi connectivity index (χ4v) is 3.75. The van der Waals surface area contributed by atoms with E-state index in [0.29, 0.717) is 12.8 Å². The van der Waals surface area contributed by atoms with Gasteiger partial charge in [-0.25, -0.2) is 0 Å². The average molecular weight is 372 g/mol. The van der Waals surface area contributed by atoms with Crippen LogP contribution >= 0.6 is 12.2 Å². The lowest BCUT2D eigenvalue weighted by molar-refractivity contribution is -0.144. The van der Waals surface area contributed by atoms with Gasteiger partial charge in [0.15, 0.2) is 5.11 Å². The zero-order valence-electron chi connectivity index (χ0n) is 12.9. The van der Waals surface area contributed by atoms with Gasteiger partial charge in [0.25, 0.3) is 0 Å². The van der Waals surface area contributed by atoms with Crippen molar-refractivity contribution >= 4 is 34.9 Å². The monoisotopic (exact) mass is 372 g/mol. The zero-order valence-corrected chi connectivity index (χ0v) is 13.7. The number of carboxylic acids is 1. The van der Waals surface area contributed by atoms with Crippen LogP contribution in [0.5, 0.6) is 0 Å². The Bertz CT molecular complexity index is 738. The third-order valence-electron chi connectivity index (χ3n) is 4.68. The van der Waals surface area contributed by atoms with Gasteiger partial charge in [-0.15, -0.1) is 0 Å². The van der Waals surface area contributed by atoms with E-state index >= 15 is 0 Å². The molecule has 3 rings (SSSR count). The van der Waals surface area contributed by atoms with Crippen LogP contribution in [-0.4, -0.2) is 28.1 Å². The summed E-state index contributed by atoms with van der Waals surface area (Å²) in [6.07, 6.45) is -3.55. The standard InChI is InChI=1S/C16H15F3N2O3S/c17-16(18,19)9-2-1-3-10(7-9)21-13(22)11-5-4-8(14(23)24)6-12(11)20-15(21)25/h1-3,7-8,11-12H,4-6H2,(H,20,25)(H,23,24). The molecule has 0 spiro atoms. The summed E-state index contributed by atoms with van der Waals surface area (Å²) in [6.45, 7) is 0. The van der Waals surface area contributed by atoms with Gasteiger partial charge in [0, 0.05) is 6.04 Å². The molecule has 2 N–H and O–H groups in total. The molecule has 0 aromatic heterocycles. The smallest absolute Gasteiger partial charge is 0.416 e. The predicted molar refractivity (Wildman–Crippen MR) is 86.9 cm³/mol. The first-order valence-electron chi connectivity index (χ1n) is 7.73. The summed E-state index contributed by atoms with van der Waals surface area (Å²) in [5.74, 6) is -2.36. The summed E-state index contributed by atoms with van der Waals surface area (Å²) in [5.41, 5.74) is -0.812. The molecule has 2 aliphatic rings. The number of hydrogen-bond acceptors (Lipinski definition) is 3. The van der Waals surface area contributed by atoms with E-state index in [1.165, 1.54) is 12.1 Å². The van der Waals surface area contributed by atoms with Crippen LogP contribution in [0.2, 0.25) is 0 Å². The molecule has 1 aromatic carbocycles. The second kappa shape index (κ2) is 6.29. The van der Waals surface area contributed by atoms with Crippen molar-refractivity contribution in [3.05, 3.63) is 29.8 Å². The Morgan fingerprint density at radius 2 is 2.04 bits per heavy atom. The lowest BCUT2D eigenvalue weighted by Crippen LogP contribution is -2.62. The molecular weight excluding hydrogens is 357 g/mol. The van der Waals surface area contributed by atoms with Crippen LogP contribution in [0.4, 0.5) is 18.9 Å². The normalized spacial score (nSPS) is 26.8. The number of thiocarbonyl (C=S) groups is 1. The number of carbonyl (C=O) groups excluding carboxylic acids is 1. The maximum Gasteiger partial charge on any atom is 0.416 e. The third-order valence-corrected chi connectivity index (χ3v) is 4.98. The number of anilines is 1. The van der Waals surface area contributed by atoms with Crippen molar-refractivity contribution in [2.45, 2.75) is 31.5 Å². The minimum absolute atomic E-state index is 0.00314. The van der Waals surface area contributed by atoms with Crippen LogP contribution in [0.25, 0.3) is 0 Å². The molecule has 5 nitrogen and oxygen atoms in total. The lowest BCUT2D eigenvalue weighted by atomic mass is 9.76. The maximum absolute atomic E-state index is 12.9. The number of alkyl halides is 3. The Labute approximate surface area is 146 Å². The molecule has 0 bridgehead atoms. The van der Waals surface area contributed by atoms with Gasteiger partial charge in [-0.2, -0.15) is 13.2 Å². The number of fused-ring (bicyclic) bond motifs is 1. The summed E-state index contributed by atoms with van der Waals surface area (Å²) in [7, 11) is 0. The maximum atomic E-state index is 12.9. The van der Waals surface area contributed by atoms with E-state index in [2.05, 4.69) is 5.32 Å². The van der Waals surface area contributed by atoms with E-state index in [9.17, 15) is 22.8 Å². The van der Waals surface area contributed by atoms with Crippen molar-refractivity contribution in [1.29, 1.82) is 0 Å². The summed E-state index contributed by atoms with van der Waals surface area (Å²) in [6, 6.07) is 4.02. The average Bonchev–Trinajstić information content (AvgIpc) is 2.53. The van der Waals surface area contributed by atoms with E-state index in [-0.39, 0.29) is 17.2 Å². The number of carboxylic acid groups (broad SMARTS) is 1. The van der Waals surface area contributed by atoms with Crippen molar-refractivity contribution in [3.8, 4) is 0 Å². The molecule has 1 aliphatic carbocycles. The van der Waals surface area contributed by atoms with E-state index in [1.807, 2.05) is 0 Å². The van der Waals surface area contributed by atoms with Gasteiger partial charge in [0.05, 0.1) is 23.1 Å². The third kappa shape index (κ3) is 3.33. The van der Waals surface area contributed by atoms with Gasteiger partial charge in [-0.3, -0.25) is 14.5 Å². The zero-order chi connectivity index (χ0) is 18.4. The Morgan fingerprint density at radius 1 is 1.32 bits per heavy atom. The van der Waals surface area contributed by atoms with Crippen molar-refractivity contribution in [2.24, 2.45) is 11.8 Å². The number of rotatable bonds is 2. The molecule has 3 unspecified atom stereocenters. The molecule has 134 valence electrons. The van der Waals surface area contributed by atoms with Gasteiger partial charge < -0.3 is 10.4 Å². The fraction of sp³-hybridized carbons (Fsp3) is 0.438. The fourth-order valence-electron chi connectivity index (χ4n) is 3.40. The number of nitrogens with zero attached hydrogens (tertiary/aromatic N) is 1. The second-order valence-corrected chi connectivity index (χ2v) is 6.62. The molecule has 25 heavy (non-hydrogen) atoms. The van der Waals surface area contributed by atoms with Crippen molar-refractivity contribution in [2.75, 3.05) is 4.90 Å². The SMILES string of the molecule is O=C(O)C1CCC2C(=O)N(c3cccc(C(F)(F)F)c3)C(=S)NC2C1. The van der Waals surface area contributed by atoms with Gasteiger partial charge in [-0.05, 0) is 49.7 Å². The highest BCUT2D eigenvalue weighted by atomic mass is 32.1. The van der Waals surface area contributed by atoms with Crippen LogP contribution in [0.1, 0.15) is 24.8 Å². The molecule has 1 saturated carbocycles. The molecule has 2 fully saturated rings. The Morgan fingerprint density at radius 3 is 2.68 bits per heavy atom. The summed E-state index contributed by atoms with van der Waals surface area (Å²) in [4.78, 5) is 25.0. The van der Waals surface area contributed by atoms with Gasteiger partial charge in [0.2, 0.25) is 5.91 Å². The number of hydrogen-bond donors (Lipinski definition) is 2. The van der Waals surface area contributed by atoms with Crippen LogP contribution < -0.4 is 10.2 Å². The van der Waals surface area contributed by atoms with E-state index < -0.39 is 41.5 Å². The van der Waals surface area contributed by atoms with Crippen molar-refractivity contribution in [3.63, 3.8) is 0 Å². The number of benzene rings is 1. The highest BCUT2D eigenvalue weighted by molar-refractivity contribution is 7.80. The Kier molecular flexibility index (Phi) is 4.44. The molecular formula is C16H15F3N2O3S. The minimum Gasteiger partial charge on any atom is -0.481 e. The van der Waals surface area contributed by atoms with Gasteiger partial charge in [-0.1, -0.05) is 6.07 Å². The van der Waals surface area contributed by atoms with Crippen molar-refractivity contribution in [1.82, 2.24) is 5.32 Å². The molecule has 3 atom stereocenters. The number of carbonyl (C=O) groups is 2. The molecule has 0 radical (unpaired) electrons. The lowest BCUT2D eigenvalue weighted by Gasteiger charge is -2.43. The van der Waals surface area contributed by atoms with Crippen LogP contribution in [0.15, 0.2) is 24.3 Å². The summed E-state index contributed by atoms with van der Waals surface area (Å²) >= 11 is 5.16. The molecule has 1 amide bonds. The first-order valence-corrected chi connectivity index (χ1v) is 8.14. The van der Waals surface area contributed by atoms with Crippen molar-refractivity contribution < 1.29 is 27.9 Å². The summed E-state index contributed by atoms with van der Waals surface area (Å²) in [5, 5.41) is 12.1. The van der Waals surface area contributed by atoms with Crippen LogP contribution in [-0.2, 0) is 15.8 Å². The van der Waals surface area contributed by atoms with Gasteiger partial charge in [0.1, 0.15) is 0 Å². The molecule has 9 heteroatoms. The van der Waals surface area contributed by atoms with E-state index in [0.717, 1.165) is 17.0 Å². The Hall–Kier alpha value is -2.16. The van der Waals surface area contributed by atoms with Gasteiger partial charge >= 0.3 is 12.1 Å². The highest BCUT2D eigenvalue weighted by Gasteiger charge is 2.45. The molecule has 1 saturated heterocycles. The van der Waals surface area contributed by atoms with Crippen LogP contribution in [0.3, 0.4) is 0 Å². The first-order chi connectivity index (χ1) is 11.7. The van der Waals surface area contributed by atoms with Crippen LogP contribution in [0, 0.1) is 11.8 Å². The number of aliphatic carboxylic acids is 1. The largest absolute Gasteiger partial charge is 0.481 e. The number of amides is 1. The Balaban J connectivity index is 1.87. The number of nitrogens with one attached hydrogen (secondary N) is 1. The highest BCUT2D eigenvalue weighted by Crippen LogP contribution is 2.36. The van der Waals surface area contributed by atoms with E-state index in [4.69, 9.17) is 17.3 Å².